The van der Waals surface area contributed by atoms with Gasteiger partial charge in [0.25, 0.3) is 5.91 Å². The number of hydrogen-bond donors (Lipinski definition) is 2. The molecule has 1 heterocycles. The van der Waals surface area contributed by atoms with Gasteiger partial charge < -0.3 is 10.6 Å². The zero-order valence-electron chi connectivity index (χ0n) is 13.4. The fourth-order valence-electron chi connectivity index (χ4n) is 2.30. The van der Waals surface area contributed by atoms with Crippen LogP contribution in [0.4, 0.5) is 17.2 Å². The van der Waals surface area contributed by atoms with E-state index in [1.165, 1.54) is 0 Å². The van der Waals surface area contributed by atoms with Gasteiger partial charge in [-0.2, -0.15) is 0 Å². The van der Waals surface area contributed by atoms with Crippen LogP contribution in [0.5, 0.6) is 0 Å². The summed E-state index contributed by atoms with van der Waals surface area (Å²) in [5, 5.41) is 7.02. The van der Waals surface area contributed by atoms with Gasteiger partial charge in [0, 0.05) is 10.6 Å². The predicted octanol–water partition coefficient (Wildman–Crippen LogP) is 5.69. The zero-order chi connectivity index (χ0) is 17.8. The number of carbonyl (C=O) groups is 1. The van der Waals surface area contributed by atoms with Crippen molar-refractivity contribution in [1.82, 2.24) is 4.98 Å². The van der Waals surface area contributed by atoms with Crippen molar-refractivity contribution in [2.45, 2.75) is 6.92 Å². The largest absolute Gasteiger partial charge is 0.339 e. The molecule has 0 unspecified atom stereocenters. The summed E-state index contributed by atoms with van der Waals surface area (Å²) in [6.07, 6.45) is 1.59. The van der Waals surface area contributed by atoms with E-state index in [-0.39, 0.29) is 5.91 Å². The highest BCUT2D eigenvalue weighted by Gasteiger charge is 2.09. The fraction of sp³-hybridized carbons (Fsp3) is 0.0526. The Morgan fingerprint density at radius 2 is 1.84 bits per heavy atom. The van der Waals surface area contributed by atoms with E-state index in [0.717, 1.165) is 5.56 Å². The van der Waals surface area contributed by atoms with E-state index < -0.39 is 0 Å². The summed E-state index contributed by atoms with van der Waals surface area (Å²) in [7, 11) is 0. The molecule has 2 aromatic carbocycles. The SMILES string of the molecule is Cc1ccccc1C(=O)Nc1ccc(Nc2ccc(Cl)cc2Cl)nc1. The van der Waals surface area contributed by atoms with E-state index in [2.05, 4.69) is 15.6 Å². The van der Waals surface area contributed by atoms with Gasteiger partial charge in [-0.1, -0.05) is 41.4 Å². The molecule has 0 saturated carbocycles. The minimum absolute atomic E-state index is 0.165. The minimum atomic E-state index is -0.165. The van der Waals surface area contributed by atoms with Crippen LogP contribution < -0.4 is 10.6 Å². The van der Waals surface area contributed by atoms with Gasteiger partial charge in [0.05, 0.1) is 22.6 Å². The summed E-state index contributed by atoms with van der Waals surface area (Å²) >= 11 is 12.0. The second kappa shape index (κ2) is 7.55. The number of aromatic nitrogens is 1. The van der Waals surface area contributed by atoms with Crippen molar-refractivity contribution >= 4 is 46.3 Å². The van der Waals surface area contributed by atoms with Crippen molar-refractivity contribution in [3.8, 4) is 0 Å². The third-order valence-electron chi connectivity index (χ3n) is 3.60. The highest BCUT2D eigenvalue weighted by molar-refractivity contribution is 6.36. The standard InChI is InChI=1S/C19H15Cl2N3O/c1-12-4-2-3-5-15(12)19(25)23-14-7-9-18(22-11-14)24-17-8-6-13(20)10-16(17)21/h2-11H,1H3,(H,22,24)(H,23,25). The molecule has 6 heteroatoms. The second-order valence-corrected chi connectivity index (χ2v) is 6.29. The van der Waals surface area contributed by atoms with Crippen molar-refractivity contribution < 1.29 is 4.79 Å². The molecule has 0 radical (unpaired) electrons. The molecule has 0 aliphatic rings. The van der Waals surface area contributed by atoms with E-state index in [1.54, 1.807) is 42.6 Å². The molecule has 0 aliphatic carbocycles. The van der Waals surface area contributed by atoms with Gasteiger partial charge in [0.2, 0.25) is 0 Å². The summed E-state index contributed by atoms with van der Waals surface area (Å²) in [5.41, 5.74) is 2.87. The first-order valence-electron chi connectivity index (χ1n) is 7.58. The van der Waals surface area contributed by atoms with Gasteiger partial charge in [-0.25, -0.2) is 4.98 Å². The first-order valence-corrected chi connectivity index (χ1v) is 8.33. The average molecular weight is 372 g/mol. The number of hydrogen-bond acceptors (Lipinski definition) is 3. The number of benzene rings is 2. The summed E-state index contributed by atoms with van der Waals surface area (Å²) in [6.45, 7) is 1.90. The van der Waals surface area contributed by atoms with Crippen molar-refractivity contribution in [2.24, 2.45) is 0 Å². The maximum absolute atomic E-state index is 12.3. The third kappa shape index (κ3) is 4.29. The van der Waals surface area contributed by atoms with E-state index in [9.17, 15) is 4.79 Å². The molecule has 3 aromatic rings. The fourth-order valence-corrected chi connectivity index (χ4v) is 2.75. The van der Waals surface area contributed by atoms with E-state index in [1.807, 2.05) is 25.1 Å². The van der Waals surface area contributed by atoms with E-state index >= 15 is 0 Å². The lowest BCUT2D eigenvalue weighted by molar-refractivity contribution is 0.102. The monoisotopic (exact) mass is 371 g/mol. The van der Waals surface area contributed by atoms with Crippen molar-refractivity contribution in [1.29, 1.82) is 0 Å². The highest BCUT2D eigenvalue weighted by Crippen LogP contribution is 2.27. The third-order valence-corrected chi connectivity index (χ3v) is 4.15. The number of amides is 1. The van der Waals surface area contributed by atoms with Crippen LogP contribution in [0.3, 0.4) is 0 Å². The Labute approximate surface area is 155 Å². The zero-order valence-corrected chi connectivity index (χ0v) is 14.9. The molecule has 0 bridgehead atoms. The topological polar surface area (TPSA) is 54.0 Å². The Hall–Kier alpha value is -2.56. The Morgan fingerprint density at radius 1 is 1.04 bits per heavy atom. The van der Waals surface area contributed by atoms with E-state index in [4.69, 9.17) is 23.2 Å². The van der Waals surface area contributed by atoms with E-state index in [0.29, 0.717) is 32.8 Å². The number of pyridine rings is 1. The maximum atomic E-state index is 12.3. The Bertz CT molecular complexity index is 911. The molecule has 126 valence electrons. The lowest BCUT2D eigenvalue weighted by Gasteiger charge is -2.10. The first kappa shape index (κ1) is 17.3. The first-order chi connectivity index (χ1) is 12.0. The smallest absolute Gasteiger partial charge is 0.255 e. The minimum Gasteiger partial charge on any atom is -0.339 e. The number of nitrogens with one attached hydrogen (secondary N) is 2. The van der Waals surface area contributed by atoms with Crippen molar-refractivity contribution in [3.63, 3.8) is 0 Å². The lowest BCUT2D eigenvalue weighted by atomic mass is 10.1. The summed E-state index contributed by atoms with van der Waals surface area (Å²) in [4.78, 5) is 16.6. The van der Waals surface area contributed by atoms with Gasteiger partial charge in [-0.3, -0.25) is 4.79 Å². The molecule has 0 spiro atoms. The van der Waals surface area contributed by atoms with Crippen LogP contribution in [-0.2, 0) is 0 Å². The van der Waals surface area contributed by atoms with Crippen LogP contribution in [0.2, 0.25) is 10.0 Å². The number of anilines is 3. The normalized spacial score (nSPS) is 10.4. The van der Waals surface area contributed by atoms with Gasteiger partial charge >= 0.3 is 0 Å². The number of aryl methyl sites for hydroxylation is 1. The second-order valence-electron chi connectivity index (χ2n) is 5.45. The van der Waals surface area contributed by atoms with Gasteiger partial charge in [0.1, 0.15) is 5.82 Å². The molecule has 1 amide bonds. The number of halogens is 2. The predicted molar refractivity (Wildman–Crippen MR) is 103 cm³/mol. The number of carbonyl (C=O) groups excluding carboxylic acids is 1. The lowest BCUT2D eigenvalue weighted by Crippen LogP contribution is -2.13. The molecule has 2 N–H and O–H groups in total. The molecular weight excluding hydrogens is 357 g/mol. The number of nitrogens with zero attached hydrogens (tertiary/aromatic N) is 1. The molecule has 25 heavy (non-hydrogen) atoms. The van der Waals surface area contributed by atoms with Crippen LogP contribution >= 0.6 is 23.2 Å². The van der Waals surface area contributed by atoms with Crippen molar-refractivity contribution in [3.05, 3.63) is 82.0 Å². The highest BCUT2D eigenvalue weighted by atomic mass is 35.5. The average Bonchev–Trinajstić information content (AvgIpc) is 2.59. The molecular formula is C19H15Cl2N3O. The molecule has 0 saturated heterocycles. The Balaban J connectivity index is 1.70. The Kier molecular flexibility index (Phi) is 5.22. The van der Waals surface area contributed by atoms with Gasteiger partial charge in [-0.05, 0) is 48.9 Å². The number of rotatable bonds is 4. The van der Waals surface area contributed by atoms with Crippen molar-refractivity contribution in [2.75, 3.05) is 10.6 Å². The summed E-state index contributed by atoms with van der Waals surface area (Å²) < 4.78 is 0. The molecule has 1 aromatic heterocycles. The Morgan fingerprint density at radius 3 is 2.52 bits per heavy atom. The van der Waals surface area contributed by atoms with Gasteiger partial charge in [-0.15, -0.1) is 0 Å². The maximum Gasteiger partial charge on any atom is 0.255 e. The summed E-state index contributed by atoms with van der Waals surface area (Å²) in [5.74, 6) is 0.444. The van der Waals surface area contributed by atoms with Gasteiger partial charge in [0.15, 0.2) is 0 Å². The molecule has 4 nitrogen and oxygen atoms in total. The van der Waals surface area contributed by atoms with Crippen LogP contribution in [0.1, 0.15) is 15.9 Å². The van der Waals surface area contributed by atoms with Crippen LogP contribution in [-0.4, -0.2) is 10.9 Å². The summed E-state index contributed by atoms with van der Waals surface area (Å²) in [6, 6.07) is 16.1. The molecule has 3 rings (SSSR count). The molecule has 0 fully saturated rings. The van der Waals surface area contributed by atoms with Crippen LogP contribution in [0, 0.1) is 6.92 Å². The quantitative estimate of drug-likeness (QED) is 0.618. The molecule has 0 atom stereocenters. The van der Waals surface area contributed by atoms with Crippen LogP contribution in [0.15, 0.2) is 60.8 Å². The van der Waals surface area contributed by atoms with Crippen LogP contribution in [0.25, 0.3) is 0 Å². The molecule has 0 aliphatic heterocycles.